The van der Waals surface area contributed by atoms with Crippen LogP contribution in [0.15, 0.2) is 48.5 Å². The minimum atomic E-state index is -0.722. The molecule has 0 saturated heterocycles. The van der Waals surface area contributed by atoms with E-state index in [2.05, 4.69) is 45.5 Å². The molecule has 2 aromatic carbocycles. The van der Waals surface area contributed by atoms with E-state index < -0.39 is 18.1 Å². The topological polar surface area (TPSA) is 64.6 Å². The van der Waals surface area contributed by atoms with Crippen molar-refractivity contribution in [2.75, 3.05) is 18.5 Å². The Morgan fingerprint density at radius 2 is 1.63 bits per heavy atom. The molecular formula is C21H22BrNO4. The molecule has 0 aromatic heterocycles. The van der Waals surface area contributed by atoms with Crippen LogP contribution in [-0.4, -0.2) is 36.6 Å². The zero-order valence-corrected chi connectivity index (χ0v) is 16.7. The van der Waals surface area contributed by atoms with E-state index in [1.54, 1.807) is 6.92 Å². The lowest BCUT2D eigenvalue weighted by atomic mass is 9.98. The van der Waals surface area contributed by atoms with E-state index in [0.717, 1.165) is 11.1 Å². The number of nitrogens with one attached hydrogen (secondary N) is 1. The van der Waals surface area contributed by atoms with Gasteiger partial charge in [0.2, 0.25) is 0 Å². The van der Waals surface area contributed by atoms with E-state index in [9.17, 15) is 9.59 Å². The second kappa shape index (κ2) is 9.04. The van der Waals surface area contributed by atoms with E-state index in [1.807, 2.05) is 24.3 Å². The van der Waals surface area contributed by atoms with Crippen LogP contribution in [0.4, 0.5) is 4.79 Å². The minimum absolute atomic E-state index is 0.0135. The molecule has 0 aliphatic heterocycles. The van der Waals surface area contributed by atoms with Gasteiger partial charge in [-0.1, -0.05) is 64.5 Å². The highest BCUT2D eigenvalue weighted by Crippen LogP contribution is 2.44. The van der Waals surface area contributed by atoms with Crippen LogP contribution in [0.25, 0.3) is 11.1 Å². The largest absolute Gasteiger partial charge is 0.464 e. The van der Waals surface area contributed by atoms with Gasteiger partial charge in [-0.3, -0.25) is 0 Å². The number of carbonyl (C=O) groups excluding carboxylic acids is 2. The first-order valence-corrected chi connectivity index (χ1v) is 10.1. The number of rotatable bonds is 7. The summed E-state index contributed by atoms with van der Waals surface area (Å²) in [7, 11) is 0. The number of benzene rings is 2. The maximum Gasteiger partial charge on any atom is 0.407 e. The van der Waals surface area contributed by atoms with Crippen molar-refractivity contribution >= 4 is 28.0 Å². The molecule has 0 spiro atoms. The van der Waals surface area contributed by atoms with Crippen molar-refractivity contribution in [1.29, 1.82) is 0 Å². The van der Waals surface area contributed by atoms with Crippen LogP contribution >= 0.6 is 15.9 Å². The van der Waals surface area contributed by atoms with Gasteiger partial charge in [-0.05, 0) is 35.6 Å². The summed E-state index contributed by atoms with van der Waals surface area (Å²) in [5, 5.41) is 3.18. The smallest absolute Gasteiger partial charge is 0.407 e. The third-order valence-electron chi connectivity index (χ3n) is 4.60. The van der Waals surface area contributed by atoms with Crippen LogP contribution in [0.3, 0.4) is 0 Å². The molecule has 1 N–H and O–H groups in total. The summed E-state index contributed by atoms with van der Waals surface area (Å²) in [4.78, 5) is 24.2. The number of esters is 1. The van der Waals surface area contributed by atoms with Crippen LogP contribution in [0.5, 0.6) is 0 Å². The summed E-state index contributed by atoms with van der Waals surface area (Å²) in [6.07, 6.45) is -0.181. The zero-order valence-electron chi connectivity index (χ0n) is 15.1. The fourth-order valence-electron chi connectivity index (χ4n) is 3.38. The lowest BCUT2D eigenvalue weighted by Gasteiger charge is -2.18. The van der Waals surface area contributed by atoms with E-state index in [4.69, 9.17) is 9.47 Å². The van der Waals surface area contributed by atoms with Crippen LogP contribution in [0, 0.1) is 0 Å². The van der Waals surface area contributed by atoms with Gasteiger partial charge in [0.05, 0.1) is 6.61 Å². The molecule has 1 aliphatic carbocycles. The first-order chi connectivity index (χ1) is 13.2. The highest BCUT2D eigenvalue weighted by molar-refractivity contribution is 9.09. The second-order valence-electron chi connectivity index (χ2n) is 6.25. The van der Waals surface area contributed by atoms with Gasteiger partial charge in [0.1, 0.15) is 12.6 Å². The highest BCUT2D eigenvalue weighted by atomic mass is 79.9. The predicted octanol–water partition coefficient (Wildman–Crippen LogP) is 4.24. The van der Waals surface area contributed by atoms with Crippen LogP contribution < -0.4 is 5.32 Å². The fraction of sp³-hybridized carbons (Fsp3) is 0.333. The molecule has 0 heterocycles. The normalized spacial score (nSPS) is 13.4. The van der Waals surface area contributed by atoms with E-state index in [-0.39, 0.29) is 19.1 Å². The van der Waals surface area contributed by atoms with Crippen molar-refractivity contribution in [3.63, 3.8) is 0 Å². The maximum absolute atomic E-state index is 12.3. The van der Waals surface area contributed by atoms with Crippen molar-refractivity contribution < 1.29 is 19.1 Å². The van der Waals surface area contributed by atoms with Gasteiger partial charge in [0.15, 0.2) is 0 Å². The molecule has 3 rings (SSSR count). The van der Waals surface area contributed by atoms with Gasteiger partial charge in [-0.25, -0.2) is 9.59 Å². The van der Waals surface area contributed by atoms with Gasteiger partial charge >= 0.3 is 12.1 Å². The molecule has 0 radical (unpaired) electrons. The number of alkyl halides is 1. The standard InChI is InChI=1S/C21H22BrNO4/c1-2-26-20(24)19(11-12-22)23-21(25)27-13-18-16-9-5-3-7-14(16)15-8-4-6-10-17(15)18/h3-10,18-19H,2,11-13H2,1H3,(H,23,25)/t19-/m0/s1. The van der Waals surface area contributed by atoms with Crippen molar-refractivity contribution in [3.05, 3.63) is 59.7 Å². The Labute approximate surface area is 167 Å². The van der Waals surface area contributed by atoms with E-state index in [0.29, 0.717) is 11.8 Å². The average Bonchev–Trinajstić information content (AvgIpc) is 3.00. The number of carbonyl (C=O) groups is 2. The monoisotopic (exact) mass is 431 g/mol. The van der Waals surface area contributed by atoms with Gasteiger partial charge in [-0.2, -0.15) is 0 Å². The van der Waals surface area contributed by atoms with Gasteiger partial charge in [0, 0.05) is 11.2 Å². The van der Waals surface area contributed by atoms with Crippen molar-refractivity contribution in [2.24, 2.45) is 0 Å². The molecule has 2 aromatic rings. The second-order valence-corrected chi connectivity index (χ2v) is 7.05. The quantitative estimate of drug-likeness (QED) is 0.525. The zero-order chi connectivity index (χ0) is 19.2. The number of hydrogen-bond donors (Lipinski definition) is 1. The Morgan fingerprint density at radius 1 is 1.04 bits per heavy atom. The molecule has 0 saturated carbocycles. The van der Waals surface area contributed by atoms with Crippen molar-refractivity contribution in [3.8, 4) is 11.1 Å². The first kappa shape index (κ1) is 19.4. The van der Waals surface area contributed by atoms with Crippen LogP contribution in [-0.2, 0) is 14.3 Å². The lowest BCUT2D eigenvalue weighted by Crippen LogP contribution is -2.42. The Hall–Kier alpha value is -2.34. The first-order valence-electron chi connectivity index (χ1n) is 8.99. The Kier molecular flexibility index (Phi) is 6.50. The predicted molar refractivity (Wildman–Crippen MR) is 107 cm³/mol. The lowest BCUT2D eigenvalue weighted by molar-refractivity contribution is -0.145. The molecule has 0 unspecified atom stereocenters. The van der Waals surface area contributed by atoms with Crippen molar-refractivity contribution in [2.45, 2.75) is 25.3 Å². The number of alkyl carbamates (subject to hydrolysis) is 1. The van der Waals surface area contributed by atoms with E-state index in [1.165, 1.54) is 11.1 Å². The Bertz CT molecular complexity index is 778. The highest BCUT2D eigenvalue weighted by Gasteiger charge is 2.29. The summed E-state index contributed by atoms with van der Waals surface area (Å²) >= 11 is 3.29. The third-order valence-corrected chi connectivity index (χ3v) is 5.06. The summed E-state index contributed by atoms with van der Waals surface area (Å²) in [5.74, 6) is -0.467. The van der Waals surface area contributed by atoms with Crippen LogP contribution in [0.2, 0.25) is 0 Å². The molecule has 6 heteroatoms. The molecular weight excluding hydrogens is 410 g/mol. The van der Waals surface area contributed by atoms with Crippen molar-refractivity contribution in [1.82, 2.24) is 5.32 Å². The van der Waals surface area contributed by atoms with E-state index >= 15 is 0 Å². The molecule has 1 amide bonds. The van der Waals surface area contributed by atoms with Crippen LogP contribution in [0.1, 0.15) is 30.4 Å². The molecule has 5 nitrogen and oxygen atoms in total. The maximum atomic E-state index is 12.3. The average molecular weight is 432 g/mol. The third kappa shape index (κ3) is 4.33. The number of amides is 1. The van der Waals surface area contributed by atoms with Gasteiger partial charge in [0.25, 0.3) is 0 Å². The van der Waals surface area contributed by atoms with Gasteiger partial charge in [-0.15, -0.1) is 0 Å². The summed E-state index contributed by atoms with van der Waals surface area (Å²) < 4.78 is 10.5. The van der Waals surface area contributed by atoms with Gasteiger partial charge < -0.3 is 14.8 Å². The fourth-order valence-corrected chi connectivity index (χ4v) is 3.84. The Morgan fingerprint density at radius 3 is 2.19 bits per heavy atom. The minimum Gasteiger partial charge on any atom is -0.464 e. The summed E-state index contributed by atoms with van der Waals surface area (Å²) in [5.41, 5.74) is 4.64. The molecule has 1 atom stereocenters. The molecule has 142 valence electrons. The number of ether oxygens (including phenoxy) is 2. The SMILES string of the molecule is CCOC(=O)[C@H](CCBr)NC(=O)OCC1c2ccccc2-c2ccccc21. The molecule has 27 heavy (non-hydrogen) atoms. The molecule has 0 fully saturated rings. The number of hydrogen-bond acceptors (Lipinski definition) is 4. The Balaban J connectivity index is 1.67. The molecule has 0 bridgehead atoms. The summed E-state index contributed by atoms with van der Waals surface area (Å²) in [6.45, 7) is 2.21. The molecule has 1 aliphatic rings. The summed E-state index contributed by atoms with van der Waals surface area (Å²) in [6, 6.07) is 15.6. The number of fused-ring (bicyclic) bond motifs is 3. The number of halogens is 1.